The van der Waals surface area contributed by atoms with Gasteiger partial charge in [0.05, 0.1) is 30.5 Å². The zero-order chi connectivity index (χ0) is 12.9. The van der Waals surface area contributed by atoms with Crippen molar-refractivity contribution in [2.24, 2.45) is 0 Å². The minimum absolute atomic E-state index is 0.149. The largest absolute Gasteiger partial charge is 0.466 e. The Balaban J connectivity index is 2.87. The maximum absolute atomic E-state index is 12.8. The van der Waals surface area contributed by atoms with E-state index in [2.05, 4.69) is 10.3 Å². The van der Waals surface area contributed by atoms with Gasteiger partial charge in [-0.05, 0) is 33.0 Å². The van der Waals surface area contributed by atoms with E-state index in [0.717, 1.165) is 6.20 Å². The molecule has 0 aromatic carbocycles. The van der Waals surface area contributed by atoms with Gasteiger partial charge in [-0.2, -0.15) is 0 Å². The number of ether oxygens (including phenoxy) is 1. The fourth-order valence-corrected chi connectivity index (χ4v) is 1.51. The summed E-state index contributed by atoms with van der Waals surface area (Å²) in [4.78, 5) is 15.5. The molecule has 0 spiro atoms. The molecule has 1 heterocycles. The first-order valence-electron chi connectivity index (χ1n) is 5.48. The summed E-state index contributed by atoms with van der Waals surface area (Å²) in [6.07, 6.45) is 1.28. The molecule has 1 N–H and O–H groups in total. The lowest BCUT2D eigenvalue weighted by molar-refractivity contribution is -0.144. The third-order valence-corrected chi connectivity index (χ3v) is 2.65. The molecule has 0 radical (unpaired) electrons. The summed E-state index contributed by atoms with van der Waals surface area (Å²) < 4.78 is 17.7. The van der Waals surface area contributed by atoms with Gasteiger partial charge in [0, 0.05) is 0 Å². The Morgan fingerprint density at radius 1 is 1.59 bits per heavy atom. The highest BCUT2D eigenvalue weighted by Gasteiger charge is 2.29. The van der Waals surface area contributed by atoms with Crippen LogP contribution in [0.5, 0.6) is 0 Å². The highest BCUT2D eigenvalue weighted by Crippen LogP contribution is 2.22. The molecule has 0 aliphatic rings. The first kappa shape index (κ1) is 13.6. The maximum atomic E-state index is 12.8. The summed E-state index contributed by atoms with van der Waals surface area (Å²) >= 11 is 0. The summed E-state index contributed by atoms with van der Waals surface area (Å²) in [6.45, 7) is 3.92. The zero-order valence-electron chi connectivity index (χ0n) is 10.3. The molecule has 1 rings (SSSR count). The van der Waals surface area contributed by atoms with Crippen LogP contribution in [0.4, 0.5) is 4.39 Å². The van der Waals surface area contributed by atoms with Crippen molar-refractivity contribution in [2.45, 2.75) is 25.8 Å². The summed E-state index contributed by atoms with van der Waals surface area (Å²) in [6, 6.07) is 2.88. The normalized spacial score (nSPS) is 14.1. The molecule has 0 aliphatic carbocycles. The molecule has 0 saturated heterocycles. The topological polar surface area (TPSA) is 51.2 Å². The van der Waals surface area contributed by atoms with Gasteiger partial charge in [0.1, 0.15) is 5.82 Å². The molecular formula is C12H17FN2O2. The Morgan fingerprint density at radius 3 is 2.76 bits per heavy atom. The number of nitrogens with zero attached hydrogens (tertiary/aromatic N) is 1. The van der Waals surface area contributed by atoms with Crippen LogP contribution in [-0.2, 0) is 15.1 Å². The van der Waals surface area contributed by atoms with Gasteiger partial charge in [0.2, 0.25) is 0 Å². The van der Waals surface area contributed by atoms with Crippen LogP contribution in [0.15, 0.2) is 18.3 Å². The van der Waals surface area contributed by atoms with Crippen molar-refractivity contribution in [3.8, 4) is 0 Å². The third kappa shape index (κ3) is 3.49. The summed E-state index contributed by atoms with van der Waals surface area (Å²) in [5.41, 5.74) is -0.0468. The number of rotatable bonds is 5. The molecule has 4 nitrogen and oxygen atoms in total. The lowest BCUT2D eigenvalue weighted by atomic mass is 9.93. The lowest BCUT2D eigenvalue weighted by Crippen LogP contribution is -2.40. The molecule has 0 amide bonds. The fourth-order valence-electron chi connectivity index (χ4n) is 1.51. The first-order chi connectivity index (χ1) is 8.01. The summed E-state index contributed by atoms with van der Waals surface area (Å²) in [7, 11) is 1.73. The number of hydrogen-bond acceptors (Lipinski definition) is 4. The number of nitrogens with one attached hydrogen (secondary N) is 1. The van der Waals surface area contributed by atoms with Crippen molar-refractivity contribution in [2.75, 3.05) is 13.7 Å². The van der Waals surface area contributed by atoms with E-state index < -0.39 is 11.4 Å². The van der Waals surface area contributed by atoms with E-state index in [1.54, 1.807) is 20.0 Å². The Bertz CT molecular complexity index is 381. The van der Waals surface area contributed by atoms with E-state index in [9.17, 15) is 9.18 Å². The number of esters is 1. The lowest BCUT2D eigenvalue weighted by Gasteiger charge is -2.27. The molecule has 0 saturated carbocycles. The monoisotopic (exact) mass is 240 g/mol. The van der Waals surface area contributed by atoms with Gasteiger partial charge in [-0.25, -0.2) is 4.39 Å². The van der Waals surface area contributed by atoms with Crippen LogP contribution in [0, 0.1) is 5.82 Å². The maximum Gasteiger partial charge on any atom is 0.308 e. The Kier molecular flexibility index (Phi) is 4.57. The minimum Gasteiger partial charge on any atom is -0.466 e. The van der Waals surface area contributed by atoms with E-state index in [4.69, 9.17) is 4.74 Å². The smallest absolute Gasteiger partial charge is 0.308 e. The zero-order valence-corrected chi connectivity index (χ0v) is 10.3. The van der Waals surface area contributed by atoms with Gasteiger partial charge in [-0.3, -0.25) is 9.78 Å². The first-order valence-corrected chi connectivity index (χ1v) is 5.48. The molecule has 1 aromatic heterocycles. The molecular weight excluding hydrogens is 223 g/mol. The Hall–Kier alpha value is -1.49. The van der Waals surface area contributed by atoms with E-state index in [0.29, 0.717) is 12.3 Å². The Morgan fingerprint density at radius 2 is 2.29 bits per heavy atom. The van der Waals surface area contributed by atoms with Crippen LogP contribution in [0.3, 0.4) is 0 Å². The van der Waals surface area contributed by atoms with Crippen LogP contribution >= 0.6 is 0 Å². The second kappa shape index (κ2) is 5.72. The van der Waals surface area contributed by atoms with Crippen LogP contribution in [-0.4, -0.2) is 24.6 Å². The number of halogens is 1. The number of carbonyl (C=O) groups excluding carboxylic acids is 1. The van der Waals surface area contributed by atoms with E-state index in [-0.39, 0.29) is 12.4 Å². The number of aromatic nitrogens is 1. The average molecular weight is 240 g/mol. The predicted molar refractivity (Wildman–Crippen MR) is 61.9 cm³/mol. The standard InChI is InChI=1S/C12H17FN2O2/c1-4-17-11(16)7-12(2,14-3)10-6-5-9(13)8-15-10/h5-6,8,14H,4,7H2,1-3H3. The molecule has 94 valence electrons. The van der Waals surface area contributed by atoms with Crippen LogP contribution < -0.4 is 5.32 Å². The van der Waals surface area contributed by atoms with E-state index >= 15 is 0 Å². The number of hydrogen-bond donors (Lipinski definition) is 1. The third-order valence-electron chi connectivity index (χ3n) is 2.65. The van der Waals surface area contributed by atoms with Crippen molar-refractivity contribution in [1.82, 2.24) is 10.3 Å². The molecule has 0 fully saturated rings. The predicted octanol–water partition coefficient (Wildman–Crippen LogP) is 1.61. The van der Waals surface area contributed by atoms with Crippen molar-refractivity contribution >= 4 is 5.97 Å². The van der Waals surface area contributed by atoms with Crippen molar-refractivity contribution in [1.29, 1.82) is 0 Å². The van der Waals surface area contributed by atoms with Gasteiger partial charge >= 0.3 is 5.97 Å². The number of carbonyl (C=O) groups is 1. The SMILES string of the molecule is CCOC(=O)CC(C)(NC)c1ccc(F)cn1. The molecule has 1 atom stereocenters. The van der Waals surface area contributed by atoms with Gasteiger partial charge in [0.15, 0.2) is 0 Å². The highest BCUT2D eigenvalue weighted by molar-refractivity contribution is 5.71. The Labute approximate surface area is 100 Å². The molecule has 1 unspecified atom stereocenters. The minimum atomic E-state index is -0.653. The van der Waals surface area contributed by atoms with Crippen molar-refractivity contribution in [3.05, 3.63) is 29.8 Å². The van der Waals surface area contributed by atoms with E-state index in [1.807, 2.05) is 6.92 Å². The highest BCUT2D eigenvalue weighted by atomic mass is 19.1. The van der Waals surface area contributed by atoms with Crippen LogP contribution in [0.2, 0.25) is 0 Å². The van der Waals surface area contributed by atoms with Gasteiger partial charge in [-0.15, -0.1) is 0 Å². The second-order valence-corrected chi connectivity index (χ2v) is 3.93. The second-order valence-electron chi connectivity index (χ2n) is 3.93. The van der Waals surface area contributed by atoms with Gasteiger partial charge < -0.3 is 10.1 Å². The van der Waals surface area contributed by atoms with Crippen LogP contribution in [0.25, 0.3) is 0 Å². The summed E-state index contributed by atoms with van der Waals surface area (Å²) in [5, 5.41) is 3.02. The van der Waals surface area contributed by atoms with Crippen molar-refractivity contribution in [3.63, 3.8) is 0 Å². The van der Waals surface area contributed by atoms with Crippen LogP contribution in [0.1, 0.15) is 26.0 Å². The van der Waals surface area contributed by atoms with Crippen molar-refractivity contribution < 1.29 is 13.9 Å². The molecule has 1 aromatic rings. The number of pyridine rings is 1. The molecule has 17 heavy (non-hydrogen) atoms. The fraction of sp³-hybridized carbons (Fsp3) is 0.500. The molecule has 0 aliphatic heterocycles. The van der Waals surface area contributed by atoms with Gasteiger partial charge in [0.25, 0.3) is 0 Å². The summed E-state index contributed by atoms with van der Waals surface area (Å²) in [5.74, 6) is -0.709. The quantitative estimate of drug-likeness (QED) is 0.794. The van der Waals surface area contributed by atoms with E-state index in [1.165, 1.54) is 6.07 Å². The van der Waals surface area contributed by atoms with Gasteiger partial charge in [-0.1, -0.05) is 0 Å². The molecule has 0 bridgehead atoms. The average Bonchev–Trinajstić information content (AvgIpc) is 2.30. The molecule has 5 heteroatoms.